The molecule has 19 heavy (non-hydrogen) atoms. The fraction of sp³-hybridized carbons (Fsp3) is 0.357. The van der Waals surface area contributed by atoms with Crippen LogP contribution in [0, 0.1) is 12.7 Å². The Hall–Kier alpha value is -1.46. The minimum atomic E-state index is -0.206. The maximum Gasteiger partial charge on any atom is 0.127 e. The fourth-order valence-corrected chi connectivity index (χ4v) is 2.51. The van der Waals surface area contributed by atoms with Gasteiger partial charge in [-0.1, -0.05) is 0 Å². The Kier molecular flexibility index (Phi) is 4.50. The van der Waals surface area contributed by atoms with E-state index < -0.39 is 0 Å². The average Bonchev–Trinajstić information content (AvgIpc) is 2.77. The molecule has 2 aromatic rings. The van der Waals surface area contributed by atoms with Gasteiger partial charge in [-0.05, 0) is 32.2 Å². The van der Waals surface area contributed by atoms with Gasteiger partial charge in [0.25, 0.3) is 0 Å². The van der Waals surface area contributed by atoms with Crippen molar-refractivity contribution in [3.05, 3.63) is 45.7 Å². The van der Waals surface area contributed by atoms with Gasteiger partial charge in [-0.2, -0.15) is 0 Å². The highest BCUT2D eigenvalue weighted by Crippen LogP contribution is 2.18. The molecule has 0 saturated heterocycles. The molecule has 0 spiro atoms. The van der Waals surface area contributed by atoms with E-state index >= 15 is 0 Å². The Morgan fingerprint density at radius 1 is 1.37 bits per heavy atom. The number of aromatic nitrogens is 1. The predicted molar refractivity (Wildman–Crippen MR) is 75.0 cm³/mol. The van der Waals surface area contributed by atoms with Crippen molar-refractivity contribution >= 4 is 11.3 Å². The molecule has 3 nitrogen and oxygen atoms in total. The summed E-state index contributed by atoms with van der Waals surface area (Å²) < 4.78 is 18.8. The summed E-state index contributed by atoms with van der Waals surface area (Å²) in [6.45, 7) is 3.22. The van der Waals surface area contributed by atoms with Gasteiger partial charge in [0, 0.05) is 24.0 Å². The molecule has 0 aliphatic carbocycles. The number of nitrogens with zero attached hydrogens (tertiary/aromatic N) is 2. The maximum absolute atomic E-state index is 13.7. The van der Waals surface area contributed by atoms with Crippen LogP contribution in [0.3, 0.4) is 0 Å². The van der Waals surface area contributed by atoms with E-state index in [1.165, 1.54) is 6.07 Å². The molecule has 0 saturated carbocycles. The summed E-state index contributed by atoms with van der Waals surface area (Å²) in [5.41, 5.74) is 1.65. The van der Waals surface area contributed by atoms with Crippen LogP contribution >= 0.6 is 11.3 Å². The number of halogens is 1. The van der Waals surface area contributed by atoms with Crippen molar-refractivity contribution in [2.45, 2.75) is 20.0 Å². The van der Waals surface area contributed by atoms with Gasteiger partial charge in [0.1, 0.15) is 11.6 Å². The molecule has 0 N–H and O–H groups in total. The van der Waals surface area contributed by atoms with Crippen LogP contribution in [-0.4, -0.2) is 24.0 Å². The minimum Gasteiger partial charge on any atom is -0.497 e. The van der Waals surface area contributed by atoms with Crippen LogP contribution in [-0.2, 0) is 13.1 Å². The van der Waals surface area contributed by atoms with Crippen molar-refractivity contribution in [1.29, 1.82) is 0 Å². The van der Waals surface area contributed by atoms with Crippen LogP contribution in [0.25, 0.3) is 0 Å². The molecule has 0 amide bonds. The molecule has 1 aromatic carbocycles. The first-order valence-corrected chi connectivity index (χ1v) is 6.88. The van der Waals surface area contributed by atoms with Crippen LogP contribution in [0.4, 0.5) is 4.39 Å². The molecule has 0 aliphatic heterocycles. The molecule has 102 valence electrons. The van der Waals surface area contributed by atoms with Crippen molar-refractivity contribution in [2.24, 2.45) is 0 Å². The number of ether oxygens (including phenoxy) is 1. The normalized spacial score (nSPS) is 11.0. The number of rotatable bonds is 5. The molecule has 0 bridgehead atoms. The van der Waals surface area contributed by atoms with Crippen molar-refractivity contribution < 1.29 is 9.13 Å². The summed E-state index contributed by atoms with van der Waals surface area (Å²) in [7, 11) is 3.53. The summed E-state index contributed by atoms with van der Waals surface area (Å²) in [6, 6.07) is 4.80. The van der Waals surface area contributed by atoms with Gasteiger partial charge in [0.15, 0.2) is 0 Å². The third-order valence-electron chi connectivity index (χ3n) is 2.79. The first-order chi connectivity index (χ1) is 9.08. The molecular formula is C14H17FN2OS. The highest BCUT2D eigenvalue weighted by Gasteiger charge is 2.09. The second-order valence-electron chi connectivity index (χ2n) is 4.49. The Bertz CT molecular complexity index is 556. The molecule has 2 rings (SSSR count). The second-order valence-corrected chi connectivity index (χ2v) is 5.55. The molecule has 1 heterocycles. The molecule has 0 fully saturated rings. The number of hydrogen-bond acceptors (Lipinski definition) is 4. The van der Waals surface area contributed by atoms with E-state index in [0.29, 0.717) is 24.4 Å². The summed E-state index contributed by atoms with van der Waals surface area (Å²) in [5.74, 6) is 0.469. The molecule has 5 heteroatoms. The van der Waals surface area contributed by atoms with E-state index in [2.05, 4.69) is 4.98 Å². The van der Waals surface area contributed by atoms with Gasteiger partial charge in [0.05, 0.1) is 17.8 Å². The minimum absolute atomic E-state index is 0.206. The quantitative estimate of drug-likeness (QED) is 0.841. The zero-order chi connectivity index (χ0) is 13.8. The summed E-state index contributed by atoms with van der Waals surface area (Å²) in [4.78, 5) is 6.44. The SMILES string of the molecule is COc1ccc(F)c(CN(C)Cc2csc(C)n2)c1. The molecule has 1 aromatic heterocycles. The molecular weight excluding hydrogens is 263 g/mol. The van der Waals surface area contributed by atoms with Crippen LogP contribution < -0.4 is 4.74 Å². The van der Waals surface area contributed by atoms with Crippen molar-refractivity contribution in [1.82, 2.24) is 9.88 Å². The lowest BCUT2D eigenvalue weighted by atomic mass is 10.2. The number of hydrogen-bond donors (Lipinski definition) is 0. The van der Waals surface area contributed by atoms with Crippen LogP contribution in [0.1, 0.15) is 16.3 Å². The van der Waals surface area contributed by atoms with Crippen molar-refractivity contribution in [3.8, 4) is 5.75 Å². The smallest absolute Gasteiger partial charge is 0.127 e. The summed E-state index contributed by atoms with van der Waals surface area (Å²) in [5, 5.41) is 3.09. The van der Waals surface area contributed by atoms with Gasteiger partial charge >= 0.3 is 0 Å². The van der Waals surface area contributed by atoms with Crippen LogP contribution in [0.15, 0.2) is 23.6 Å². The highest BCUT2D eigenvalue weighted by atomic mass is 32.1. The Labute approximate surface area is 116 Å². The van der Waals surface area contributed by atoms with Gasteiger partial charge in [-0.15, -0.1) is 11.3 Å². The number of aryl methyl sites for hydroxylation is 1. The lowest BCUT2D eigenvalue weighted by molar-refractivity contribution is 0.309. The van der Waals surface area contributed by atoms with E-state index in [9.17, 15) is 4.39 Å². The first-order valence-electron chi connectivity index (χ1n) is 6.00. The monoisotopic (exact) mass is 280 g/mol. The second kappa shape index (κ2) is 6.12. The zero-order valence-corrected chi connectivity index (χ0v) is 12.1. The van der Waals surface area contributed by atoms with Gasteiger partial charge in [-0.3, -0.25) is 4.90 Å². The van der Waals surface area contributed by atoms with Crippen LogP contribution in [0.5, 0.6) is 5.75 Å². The van der Waals surface area contributed by atoms with Gasteiger partial charge in [0.2, 0.25) is 0 Å². The first kappa shape index (κ1) is 14.0. The van der Waals surface area contributed by atoms with Crippen LogP contribution in [0.2, 0.25) is 0 Å². The third-order valence-corrected chi connectivity index (χ3v) is 3.61. The molecule has 0 aliphatic rings. The maximum atomic E-state index is 13.7. The molecule has 0 unspecified atom stereocenters. The topological polar surface area (TPSA) is 25.4 Å². The van der Waals surface area contributed by atoms with E-state index in [0.717, 1.165) is 10.7 Å². The number of benzene rings is 1. The number of methoxy groups -OCH3 is 1. The van der Waals surface area contributed by atoms with E-state index in [1.54, 1.807) is 30.6 Å². The summed E-state index contributed by atoms with van der Waals surface area (Å²) in [6.07, 6.45) is 0. The van der Waals surface area contributed by atoms with E-state index in [-0.39, 0.29) is 5.82 Å². The average molecular weight is 280 g/mol. The third kappa shape index (κ3) is 3.75. The predicted octanol–water partition coefficient (Wildman–Crippen LogP) is 3.23. The van der Waals surface area contributed by atoms with Gasteiger partial charge in [-0.25, -0.2) is 9.37 Å². The van der Waals surface area contributed by atoms with Crippen molar-refractivity contribution in [2.75, 3.05) is 14.2 Å². The standard InChI is InChI=1S/C14H17FN2OS/c1-10-16-12(9-19-10)8-17(2)7-11-6-13(18-3)4-5-14(11)15/h4-6,9H,7-8H2,1-3H3. The molecule has 0 radical (unpaired) electrons. The Morgan fingerprint density at radius 3 is 2.79 bits per heavy atom. The van der Waals surface area contributed by atoms with E-state index in [1.807, 2.05) is 24.3 Å². The summed E-state index contributed by atoms with van der Waals surface area (Å²) >= 11 is 1.63. The largest absolute Gasteiger partial charge is 0.497 e. The Morgan fingerprint density at radius 2 is 2.16 bits per heavy atom. The van der Waals surface area contributed by atoms with Gasteiger partial charge < -0.3 is 4.74 Å². The number of thiazole rings is 1. The fourth-order valence-electron chi connectivity index (χ4n) is 1.90. The lowest BCUT2D eigenvalue weighted by Gasteiger charge is -2.16. The lowest BCUT2D eigenvalue weighted by Crippen LogP contribution is -2.18. The highest BCUT2D eigenvalue weighted by molar-refractivity contribution is 7.09. The Balaban J connectivity index is 2.03. The van der Waals surface area contributed by atoms with E-state index in [4.69, 9.17) is 4.74 Å². The molecule has 0 atom stereocenters. The van der Waals surface area contributed by atoms with Crippen molar-refractivity contribution in [3.63, 3.8) is 0 Å². The zero-order valence-electron chi connectivity index (χ0n) is 11.3.